The lowest BCUT2D eigenvalue weighted by atomic mass is 9.87. The topological polar surface area (TPSA) is 66.0 Å². The standard InChI is InChI=1S/C15H28N4O2.HI/c1-3-7-17-13(20)10-18-14(16-4-2)19-8-5-15(11-19)6-9-21-12-15;/h3-12H2,1-2H3,(H,16,18)(H,17,20);1H. The maximum absolute atomic E-state index is 11.7. The zero-order valence-corrected chi connectivity index (χ0v) is 16.0. The van der Waals surface area contributed by atoms with E-state index >= 15 is 0 Å². The van der Waals surface area contributed by atoms with Crippen LogP contribution in [0.2, 0.25) is 0 Å². The lowest BCUT2D eigenvalue weighted by Gasteiger charge is -2.24. The van der Waals surface area contributed by atoms with Gasteiger partial charge in [-0.25, -0.2) is 4.99 Å². The smallest absolute Gasteiger partial charge is 0.241 e. The largest absolute Gasteiger partial charge is 0.381 e. The fourth-order valence-corrected chi connectivity index (χ4v) is 2.98. The molecule has 0 aromatic carbocycles. The maximum Gasteiger partial charge on any atom is 0.241 e. The van der Waals surface area contributed by atoms with E-state index in [-0.39, 0.29) is 36.4 Å². The van der Waals surface area contributed by atoms with Crippen molar-refractivity contribution >= 4 is 35.8 Å². The van der Waals surface area contributed by atoms with Gasteiger partial charge in [-0.05, 0) is 26.2 Å². The number of hydrogen-bond donors (Lipinski definition) is 2. The van der Waals surface area contributed by atoms with Crippen LogP contribution >= 0.6 is 24.0 Å². The van der Waals surface area contributed by atoms with Crippen LogP contribution in [-0.2, 0) is 9.53 Å². The third-order valence-electron chi connectivity index (χ3n) is 4.20. The van der Waals surface area contributed by atoms with Crippen molar-refractivity contribution in [2.24, 2.45) is 10.4 Å². The molecule has 2 saturated heterocycles. The Morgan fingerprint density at radius 1 is 1.32 bits per heavy atom. The molecule has 1 amide bonds. The first kappa shape index (κ1) is 19.5. The third-order valence-corrected chi connectivity index (χ3v) is 4.20. The maximum atomic E-state index is 11.7. The summed E-state index contributed by atoms with van der Waals surface area (Å²) in [5.74, 6) is 0.846. The Balaban J connectivity index is 0.00000242. The molecular formula is C15H29IN4O2. The van der Waals surface area contributed by atoms with Gasteiger partial charge in [0.2, 0.25) is 5.91 Å². The molecule has 1 spiro atoms. The minimum absolute atomic E-state index is 0. The molecule has 1 atom stereocenters. The van der Waals surface area contributed by atoms with Crippen molar-refractivity contribution in [2.45, 2.75) is 33.1 Å². The Kier molecular flexibility index (Phi) is 8.45. The van der Waals surface area contributed by atoms with Crippen LogP contribution in [0.1, 0.15) is 33.1 Å². The van der Waals surface area contributed by atoms with Crippen molar-refractivity contribution in [3.63, 3.8) is 0 Å². The van der Waals surface area contributed by atoms with Crippen LogP contribution in [0.25, 0.3) is 0 Å². The van der Waals surface area contributed by atoms with E-state index < -0.39 is 0 Å². The van der Waals surface area contributed by atoms with Gasteiger partial charge in [0.1, 0.15) is 6.54 Å². The van der Waals surface area contributed by atoms with Crippen LogP contribution in [0.15, 0.2) is 4.99 Å². The Morgan fingerprint density at radius 2 is 2.14 bits per heavy atom. The summed E-state index contributed by atoms with van der Waals surface area (Å²) in [5.41, 5.74) is 0.306. The second-order valence-electron chi connectivity index (χ2n) is 5.99. The number of amides is 1. The van der Waals surface area contributed by atoms with Crippen LogP contribution < -0.4 is 10.6 Å². The Labute approximate surface area is 150 Å². The molecule has 0 aliphatic carbocycles. The van der Waals surface area contributed by atoms with E-state index in [1.807, 2.05) is 6.92 Å². The highest BCUT2D eigenvalue weighted by molar-refractivity contribution is 14.0. The third kappa shape index (κ3) is 5.26. The number of likely N-dealkylation sites (tertiary alicyclic amines) is 1. The first-order valence-electron chi connectivity index (χ1n) is 8.07. The highest BCUT2D eigenvalue weighted by atomic mass is 127. The van der Waals surface area contributed by atoms with Crippen LogP contribution in [0.5, 0.6) is 0 Å². The summed E-state index contributed by atoms with van der Waals surface area (Å²) in [5, 5.41) is 6.15. The molecule has 2 aliphatic rings. The van der Waals surface area contributed by atoms with Crippen molar-refractivity contribution < 1.29 is 9.53 Å². The molecule has 0 aromatic heterocycles. The molecule has 0 aromatic rings. The number of hydrogen-bond acceptors (Lipinski definition) is 3. The molecule has 6 nitrogen and oxygen atoms in total. The molecule has 128 valence electrons. The molecule has 2 heterocycles. The summed E-state index contributed by atoms with van der Waals surface area (Å²) in [6.07, 6.45) is 3.24. The molecule has 0 saturated carbocycles. The Bertz CT molecular complexity index is 384. The van der Waals surface area contributed by atoms with Crippen LogP contribution in [-0.4, -0.2) is 62.7 Å². The number of halogens is 1. The van der Waals surface area contributed by atoms with Crippen LogP contribution in [0, 0.1) is 5.41 Å². The van der Waals surface area contributed by atoms with Crippen LogP contribution in [0.3, 0.4) is 0 Å². The normalized spacial score (nSPS) is 24.5. The zero-order valence-electron chi connectivity index (χ0n) is 13.7. The molecule has 7 heteroatoms. The van der Waals surface area contributed by atoms with E-state index in [9.17, 15) is 4.79 Å². The summed E-state index contributed by atoms with van der Waals surface area (Å²) in [6.45, 7) is 9.53. The SMILES string of the molecule is CCCNC(=O)CN=C(NCC)N1CCC2(CCOC2)C1.I. The molecule has 0 radical (unpaired) electrons. The van der Waals surface area contributed by atoms with Gasteiger partial charge >= 0.3 is 0 Å². The van der Waals surface area contributed by atoms with Gasteiger partial charge in [-0.15, -0.1) is 24.0 Å². The van der Waals surface area contributed by atoms with Crippen LogP contribution in [0.4, 0.5) is 0 Å². The predicted molar refractivity (Wildman–Crippen MR) is 98.8 cm³/mol. The summed E-state index contributed by atoms with van der Waals surface area (Å²) >= 11 is 0. The second kappa shape index (κ2) is 9.54. The minimum Gasteiger partial charge on any atom is -0.381 e. The fourth-order valence-electron chi connectivity index (χ4n) is 2.98. The first-order valence-corrected chi connectivity index (χ1v) is 8.07. The van der Waals surface area contributed by atoms with Crippen molar-refractivity contribution in [1.29, 1.82) is 0 Å². The van der Waals surface area contributed by atoms with Crippen molar-refractivity contribution in [2.75, 3.05) is 45.9 Å². The molecule has 2 aliphatic heterocycles. The molecule has 2 rings (SSSR count). The number of nitrogens with zero attached hydrogens (tertiary/aromatic N) is 2. The fraction of sp³-hybridized carbons (Fsp3) is 0.867. The molecular weight excluding hydrogens is 395 g/mol. The van der Waals surface area contributed by atoms with Gasteiger partial charge < -0.3 is 20.3 Å². The van der Waals surface area contributed by atoms with Gasteiger partial charge in [0.05, 0.1) is 6.61 Å². The summed E-state index contributed by atoms with van der Waals surface area (Å²) in [6, 6.07) is 0. The van der Waals surface area contributed by atoms with Gasteiger partial charge in [-0.1, -0.05) is 6.92 Å². The van der Waals surface area contributed by atoms with Gasteiger partial charge in [-0.3, -0.25) is 4.79 Å². The Morgan fingerprint density at radius 3 is 2.77 bits per heavy atom. The van der Waals surface area contributed by atoms with Crippen molar-refractivity contribution in [1.82, 2.24) is 15.5 Å². The molecule has 22 heavy (non-hydrogen) atoms. The van der Waals surface area contributed by atoms with E-state index in [1.165, 1.54) is 0 Å². The summed E-state index contributed by atoms with van der Waals surface area (Å²) < 4.78 is 5.56. The Hall–Kier alpha value is -0.570. The molecule has 0 bridgehead atoms. The zero-order chi connectivity index (χ0) is 15.1. The van der Waals surface area contributed by atoms with Gasteiger partial charge in [-0.2, -0.15) is 0 Å². The van der Waals surface area contributed by atoms with Gasteiger partial charge in [0, 0.05) is 38.2 Å². The van der Waals surface area contributed by atoms with Gasteiger partial charge in [0.15, 0.2) is 5.96 Å². The quantitative estimate of drug-likeness (QED) is 0.396. The highest BCUT2D eigenvalue weighted by Gasteiger charge is 2.42. The van der Waals surface area contributed by atoms with E-state index in [0.717, 1.165) is 64.6 Å². The molecule has 2 fully saturated rings. The number of aliphatic imine (C=N–C) groups is 1. The van der Waals surface area contributed by atoms with E-state index in [4.69, 9.17) is 4.74 Å². The van der Waals surface area contributed by atoms with E-state index in [0.29, 0.717) is 5.41 Å². The monoisotopic (exact) mass is 424 g/mol. The summed E-state index contributed by atoms with van der Waals surface area (Å²) in [4.78, 5) is 18.4. The number of carbonyl (C=O) groups excluding carboxylic acids is 1. The second-order valence-corrected chi connectivity index (χ2v) is 5.99. The number of rotatable bonds is 5. The lowest BCUT2D eigenvalue weighted by molar-refractivity contribution is -0.119. The highest BCUT2D eigenvalue weighted by Crippen LogP contribution is 2.38. The minimum atomic E-state index is -0.00892. The number of carbonyl (C=O) groups is 1. The number of ether oxygens (including phenoxy) is 1. The van der Waals surface area contributed by atoms with E-state index in [1.54, 1.807) is 0 Å². The van der Waals surface area contributed by atoms with Crippen molar-refractivity contribution in [3.8, 4) is 0 Å². The number of guanidine groups is 1. The predicted octanol–water partition coefficient (Wildman–Crippen LogP) is 1.21. The lowest BCUT2D eigenvalue weighted by Crippen LogP contribution is -2.42. The van der Waals surface area contributed by atoms with E-state index in [2.05, 4.69) is 27.4 Å². The summed E-state index contributed by atoms with van der Waals surface area (Å²) in [7, 11) is 0. The first-order chi connectivity index (χ1) is 10.2. The average molecular weight is 424 g/mol. The van der Waals surface area contributed by atoms with Gasteiger partial charge in [0.25, 0.3) is 0 Å². The van der Waals surface area contributed by atoms with Crippen molar-refractivity contribution in [3.05, 3.63) is 0 Å². The number of nitrogens with one attached hydrogen (secondary N) is 2. The average Bonchev–Trinajstić information content (AvgIpc) is 3.12. The molecule has 2 N–H and O–H groups in total. The molecule has 1 unspecified atom stereocenters.